The zero-order chi connectivity index (χ0) is 15.6. The van der Waals surface area contributed by atoms with Gasteiger partial charge in [0.15, 0.2) is 0 Å². The second kappa shape index (κ2) is 9.04. The number of esters is 1. The highest BCUT2D eigenvalue weighted by Gasteiger charge is 2.02. The van der Waals surface area contributed by atoms with Gasteiger partial charge in [0.05, 0.1) is 6.61 Å². The van der Waals surface area contributed by atoms with Crippen molar-refractivity contribution in [3.63, 3.8) is 0 Å². The number of hydrogen-bond donors (Lipinski definition) is 0. The molecule has 0 atom stereocenters. The molecule has 0 aliphatic heterocycles. The molecule has 0 heterocycles. The first-order valence-electron chi connectivity index (χ1n) is 8.05. The minimum Gasteiger partial charge on any atom is -0.466 e. The Balaban J connectivity index is 1.74. The highest BCUT2D eigenvalue weighted by atomic mass is 16.5. The van der Waals surface area contributed by atoms with Gasteiger partial charge in [-0.25, -0.2) is 0 Å². The highest BCUT2D eigenvalue weighted by Crippen LogP contribution is 2.13. The molecule has 2 aromatic rings. The largest absolute Gasteiger partial charge is 0.466 e. The van der Waals surface area contributed by atoms with E-state index in [2.05, 4.69) is 48.5 Å². The molecule has 116 valence electrons. The lowest BCUT2D eigenvalue weighted by molar-refractivity contribution is -0.143. The quantitative estimate of drug-likeness (QED) is 0.527. The van der Waals surface area contributed by atoms with Crippen LogP contribution in [0.3, 0.4) is 0 Å². The minimum absolute atomic E-state index is 0.0827. The number of ether oxygens (including phenoxy) is 1. The maximum Gasteiger partial charge on any atom is 0.305 e. The summed E-state index contributed by atoms with van der Waals surface area (Å²) in [6.07, 6.45) is 4.44. The maximum atomic E-state index is 11.3. The number of carbonyl (C=O) groups is 1. The summed E-state index contributed by atoms with van der Waals surface area (Å²) in [5.41, 5.74) is 4.01. The van der Waals surface area contributed by atoms with Gasteiger partial charge in [-0.05, 0) is 49.3 Å². The van der Waals surface area contributed by atoms with Crippen LogP contribution in [0.1, 0.15) is 42.9 Å². The molecule has 22 heavy (non-hydrogen) atoms. The van der Waals surface area contributed by atoms with Crippen molar-refractivity contribution in [2.45, 2.75) is 39.0 Å². The molecule has 0 bridgehead atoms. The molecule has 2 rings (SSSR count). The topological polar surface area (TPSA) is 26.3 Å². The summed E-state index contributed by atoms with van der Waals surface area (Å²) in [7, 11) is 0. The minimum atomic E-state index is -0.0827. The summed E-state index contributed by atoms with van der Waals surface area (Å²) < 4.78 is 4.93. The molecule has 2 aromatic carbocycles. The van der Waals surface area contributed by atoms with Crippen molar-refractivity contribution in [2.24, 2.45) is 0 Å². The molecule has 0 aliphatic carbocycles. The van der Waals surface area contributed by atoms with Crippen LogP contribution in [0.5, 0.6) is 0 Å². The Morgan fingerprint density at radius 2 is 1.50 bits per heavy atom. The van der Waals surface area contributed by atoms with Gasteiger partial charge in [0.25, 0.3) is 0 Å². The van der Waals surface area contributed by atoms with Gasteiger partial charge in [-0.15, -0.1) is 0 Å². The van der Waals surface area contributed by atoms with E-state index in [1.54, 1.807) is 0 Å². The highest BCUT2D eigenvalue weighted by molar-refractivity contribution is 5.69. The van der Waals surface area contributed by atoms with Gasteiger partial charge in [-0.3, -0.25) is 4.79 Å². The number of hydrogen-bond acceptors (Lipinski definition) is 2. The van der Waals surface area contributed by atoms with Gasteiger partial charge in [-0.2, -0.15) is 0 Å². The molecule has 0 aliphatic rings. The summed E-state index contributed by atoms with van der Waals surface area (Å²) >= 11 is 0. The number of unbranched alkanes of at least 4 members (excludes halogenated alkanes) is 1. The van der Waals surface area contributed by atoms with Crippen molar-refractivity contribution in [2.75, 3.05) is 6.61 Å². The van der Waals surface area contributed by atoms with Crippen LogP contribution in [0, 0.1) is 0 Å². The van der Waals surface area contributed by atoms with E-state index < -0.39 is 0 Å². The summed E-state index contributed by atoms with van der Waals surface area (Å²) in [4.78, 5) is 11.3. The first-order chi connectivity index (χ1) is 10.8. The summed E-state index contributed by atoms with van der Waals surface area (Å²) in [6.45, 7) is 2.32. The number of benzene rings is 2. The molecular weight excluding hydrogens is 272 g/mol. The molecule has 0 N–H and O–H groups in total. The van der Waals surface area contributed by atoms with Crippen LogP contribution in [-0.4, -0.2) is 12.6 Å². The molecule has 0 saturated heterocycles. The Bertz CT molecular complexity index is 558. The summed E-state index contributed by atoms with van der Waals surface area (Å²) in [5, 5.41) is 0. The standard InChI is InChI=1S/C20H24O2/c1-2-22-20(21)11-7-6-8-17-12-14-19(15-13-17)16-18-9-4-3-5-10-18/h3-5,9-10,12-15H,2,6-8,11,16H2,1H3. The fraction of sp³-hybridized carbons (Fsp3) is 0.350. The molecule has 0 saturated carbocycles. The molecule has 0 amide bonds. The second-order valence-electron chi connectivity index (χ2n) is 5.49. The van der Waals surface area contributed by atoms with E-state index in [4.69, 9.17) is 4.74 Å². The van der Waals surface area contributed by atoms with Gasteiger partial charge >= 0.3 is 5.97 Å². The third-order valence-corrected chi connectivity index (χ3v) is 3.68. The van der Waals surface area contributed by atoms with Gasteiger partial charge in [0.2, 0.25) is 0 Å². The van der Waals surface area contributed by atoms with Crippen LogP contribution in [0.15, 0.2) is 54.6 Å². The van der Waals surface area contributed by atoms with E-state index in [9.17, 15) is 4.79 Å². The van der Waals surface area contributed by atoms with Crippen molar-refractivity contribution in [3.05, 3.63) is 71.3 Å². The van der Waals surface area contributed by atoms with Gasteiger partial charge in [-0.1, -0.05) is 54.6 Å². The number of carbonyl (C=O) groups excluding carboxylic acids is 1. The van der Waals surface area contributed by atoms with E-state index in [1.165, 1.54) is 16.7 Å². The lowest BCUT2D eigenvalue weighted by Crippen LogP contribution is -2.03. The van der Waals surface area contributed by atoms with E-state index in [0.29, 0.717) is 13.0 Å². The first kappa shape index (κ1) is 16.3. The first-order valence-corrected chi connectivity index (χ1v) is 8.05. The number of aryl methyl sites for hydroxylation is 1. The van der Waals surface area contributed by atoms with Crippen molar-refractivity contribution in [1.82, 2.24) is 0 Å². The second-order valence-corrected chi connectivity index (χ2v) is 5.49. The smallest absolute Gasteiger partial charge is 0.305 e. The van der Waals surface area contributed by atoms with Crippen LogP contribution < -0.4 is 0 Å². The van der Waals surface area contributed by atoms with Crippen molar-refractivity contribution in [3.8, 4) is 0 Å². The van der Waals surface area contributed by atoms with Crippen LogP contribution in [0.2, 0.25) is 0 Å². The van der Waals surface area contributed by atoms with Gasteiger partial charge in [0, 0.05) is 6.42 Å². The van der Waals surface area contributed by atoms with Crippen LogP contribution in [0.25, 0.3) is 0 Å². The van der Waals surface area contributed by atoms with Crippen molar-refractivity contribution >= 4 is 5.97 Å². The molecule has 0 unspecified atom stereocenters. The average Bonchev–Trinajstić information content (AvgIpc) is 2.54. The zero-order valence-electron chi connectivity index (χ0n) is 13.3. The van der Waals surface area contributed by atoms with Gasteiger partial charge < -0.3 is 4.74 Å². The molecule has 2 nitrogen and oxygen atoms in total. The predicted molar refractivity (Wildman–Crippen MR) is 89.9 cm³/mol. The Labute approximate surface area is 133 Å². The SMILES string of the molecule is CCOC(=O)CCCCc1ccc(Cc2ccccc2)cc1. The monoisotopic (exact) mass is 296 g/mol. The Morgan fingerprint density at radius 1 is 0.864 bits per heavy atom. The molecule has 2 heteroatoms. The van der Waals surface area contributed by atoms with Crippen LogP contribution in [0.4, 0.5) is 0 Å². The third-order valence-electron chi connectivity index (χ3n) is 3.68. The van der Waals surface area contributed by atoms with Crippen LogP contribution >= 0.6 is 0 Å². The van der Waals surface area contributed by atoms with E-state index in [1.807, 2.05) is 13.0 Å². The summed E-state index contributed by atoms with van der Waals surface area (Å²) in [5.74, 6) is -0.0827. The van der Waals surface area contributed by atoms with Crippen LogP contribution in [-0.2, 0) is 22.4 Å². The zero-order valence-corrected chi connectivity index (χ0v) is 13.3. The Hall–Kier alpha value is -2.09. The molecule has 0 radical (unpaired) electrons. The molecule has 0 aromatic heterocycles. The molecule has 0 spiro atoms. The fourth-order valence-corrected chi connectivity index (χ4v) is 2.49. The maximum absolute atomic E-state index is 11.3. The van der Waals surface area contributed by atoms with Crippen molar-refractivity contribution < 1.29 is 9.53 Å². The normalized spacial score (nSPS) is 10.4. The lowest BCUT2D eigenvalue weighted by atomic mass is 10.0. The van der Waals surface area contributed by atoms with E-state index >= 15 is 0 Å². The van der Waals surface area contributed by atoms with E-state index in [-0.39, 0.29) is 5.97 Å². The lowest BCUT2D eigenvalue weighted by Gasteiger charge is -2.05. The molecular formula is C20H24O2. The third kappa shape index (κ3) is 5.72. The molecule has 0 fully saturated rings. The number of rotatable bonds is 8. The van der Waals surface area contributed by atoms with Gasteiger partial charge in [0.1, 0.15) is 0 Å². The Kier molecular flexibility index (Phi) is 6.69. The van der Waals surface area contributed by atoms with E-state index in [0.717, 1.165) is 25.7 Å². The fourth-order valence-electron chi connectivity index (χ4n) is 2.49. The van der Waals surface area contributed by atoms with Crippen molar-refractivity contribution in [1.29, 1.82) is 0 Å². The Morgan fingerprint density at radius 3 is 2.18 bits per heavy atom. The summed E-state index contributed by atoms with van der Waals surface area (Å²) in [6, 6.07) is 19.3. The predicted octanol–water partition coefficient (Wildman–Crippen LogP) is 4.55. The average molecular weight is 296 g/mol.